The lowest BCUT2D eigenvalue weighted by Crippen LogP contribution is -2.34. The van der Waals surface area contributed by atoms with E-state index in [4.69, 9.17) is 0 Å². The number of likely N-dealkylation sites (tertiary alicyclic amines) is 1. The van der Waals surface area contributed by atoms with Crippen molar-refractivity contribution in [3.63, 3.8) is 0 Å². The second-order valence-electron chi connectivity index (χ2n) is 6.65. The van der Waals surface area contributed by atoms with Gasteiger partial charge in [0.15, 0.2) is 0 Å². The Kier molecular flexibility index (Phi) is 5.81. The highest BCUT2D eigenvalue weighted by Gasteiger charge is 2.13. The maximum absolute atomic E-state index is 12.2. The molecule has 0 spiro atoms. The molecule has 1 heterocycles. The molecule has 140 valence electrons. The summed E-state index contributed by atoms with van der Waals surface area (Å²) in [5.74, 6) is 0.0375. The van der Waals surface area contributed by atoms with E-state index in [2.05, 4.69) is 0 Å². The number of phenolic OH excluding ortho intramolecular Hbond substituents is 3. The number of carbonyl (C=O) groups excluding carboxylic acids is 1. The van der Waals surface area contributed by atoms with Crippen LogP contribution in [-0.2, 0) is 4.79 Å². The zero-order valence-electron chi connectivity index (χ0n) is 15.0. The summed E-state index contributed by atoms with van der Waals surface area (Å²) < 4.78 is 0. The molecule has 1 saturated heterocycles. The molecule has 5 heteroatoms. The van der Waals surface area contributed by atoms with Crippen molar-refractivity contribution in [2.24, 2.45) is 0 Å². The molecule has 1 amide bonds. The molecule has 0 unspecified atom stereocenters. The molecule has 0 aromatic heterocycles. The zero-order valence-corrected chi connectivity index (χ0v) is 15.0. The van der Waals surface area contributed by atoms with E-state index in [1.54, 1.807) is 36.4 Å². The predicted molar refractivity (Wildman–Crippen MR) is 106 cm³/mol. The Labute approximate surface area is 158 Å². The minimum Gasteiger partial charge on any atom is -0.508 e. The molecular formula is C22H23NO4. The number of benzene rings is 2. The summed E-state index contributed by atoms with van der Waals surface area (Å²) in [6, 6.07) is 9.43. The smallest absolute Gasteiger partial charge is 0.246 e. The molecule has 0 radical (unpaired) electrons. The number of hydrogen-bond donors (Lipinski definition) is 3. The first kappa shape index (κ1) is 18.6. The van der Waals surface area contributed by atoms with Crippen LogP contribution >= 0.6 is 0 Å². The lowest BCUT2D eigenvalue weighted by molar-refractivity contribution is -0.126. The Balaban J connectivity index is 1.74. The van der Waals surface area contributed by atoms with E-state index in [1.807, 2.05) is 4.90 Å². The first-order valence-electron chi connectivity index (χ1n) is 9.02. The van der Waals surface area contributed by atoms with Crippen molar-refractivity contribution in [1.29, 1.82) is 0 Å². The molecule has 1 aliphatic rings. The molecule has 3 N–H and O–H groups in total. The zero-order chi connectivity index (χ0) is 19.2. The third kappa shape index (κ3) is 5.14. The number of carbonyl (C=O) groups is 1. The Hall–Kier alpha value is -3.21. The largest absolute Gasteiger partial charge is 0.508 e. The first-order chi connectivity index (χ1) is 13.0. The van der Waals surface area contributed by atoms with E-state index in [0.717, 1.165) is 31.5 Å². The fourth-order valence-corrected chi connectivity index (χ4v) is 3.10. The van der Waals surface area contributed by atoms with Crippen molar-refractivity contribution >= 4 is 24.1 Å². The Bertz CT molecular complexity index is 860. The SMILES string of the molecule is O=C(/C=C/c1cc(/C=C/c2cc(O)cc(O)c2)ccc1O)N1CCCCC1. The summed E-state index contributed by atoms with van der Waals surface area (Å²) in [6.07, 6.45) is 9.92. The molecule has 0 atom stereocenters. The summed E-state index contributed by atoms with van der Waals surface area (Å²) in [7, 11) is 0. The van der Waals surface area contributed by atoms with Gasteiger partial charge < -0.3 is 20.2 Å². The lowest BCUT2D eigenvalue weighted by atomic mass is 10.1. The average molecular weight is 365 g/mol. The van der Waals surface area contributed by atoms with Gasteiger partial charge in [0.1, 0.15) is 17.2 Å². The van der Waals surface area contributed by atoms with Crippen molar-refractivity contribution in [2.75, 3.05) is 13.1 Å². The molecule has 3 rings (SSSR count). The molecule has 27 heavy (non-hydrogen) atoms. The molecule has 5 nitrogen and oxygen atoms in total. The van der Waals surface area contributed by atoms with Gasteiger partial charge in [-0.15, -0.1) is 0 Å². The highest BCUT2D eigenvalue weighted by atomic mass is 16.3. The topological polar surface area (TPSA) is 81.0 Å². The van der Waals surface area contributed by atoms with Crippen LogP contribution < -0.4 is 0 Å². The normalized spacial score (nSPS) is 14.9. The molecule has 2 aromatic rings. The third-order valence-corrected chi connectivity index (χ3v) is 4.52. The molecule has 0 bridgehead atoms. The van der Waals surface area contributed by atoms with E-state index in [9.17, 15) is 20.1 Å². The lowest BCUT2D eigenvalue weighted by Gasteiger charge is -2.25. The van der Waals surface area contributed by atoms with Gasteiger partial charge in [-0.3, -0.25) is 4.79 Å². The maximum atomic E-state index is 12.2. The number of hydrogen-bond acceptors (Lipinski definition) is 4. The van der Waals surface area contributed by atoms with E-state index in [1.165, 1.54) is 30.7 Å². The highest BCUT2D eigenvalue weighted by Crippen LogP contribution is 2.24. The summed E-state index contributed by atoms with van der Waals surface area (Å²) in [5, 5.41) is 29.1. The number of amides is 1. The van der Waals surface area contributed by atoms with Gasteiger partial charge in [0.2, 0.25) is 5.91 Å². The van der Waals surface area contributed by atoms with Crippen molar-refractivity contribution < 1.29 is 20.1 Å². The van der Waals surface area contributed by atoms with Crippen LogP contribution in [0.25, 0.3) is 18.2 Å². The van der Waals surface area contributed by atoms with Gasteiger partial charge in [0, 0.05) is 30.8 Å². The van der Waals surface area contributed by atoms with Crippen molar-refractivity contribution in [3.8, 4) is 17.2 Å². The average Bonchev–Trinajstić information content (AvgIpc) is 2.66. The van der Waals surface area contributed by atoms with Crippen LogP contribution in [0.5, 0.6) is 17.2 Å². The van der Waals surface area contributed by atoms with Gasteiger partial charge in [-0.1, -0.05) is 18.2 Å². The van der Waals surface area contributed by atoms with Crippen LogP contribution in [0.2, 0.25) is 0 Å². The number of aromatic hydroxyl groups is 3. The molecule has 2 aromatic carbocycles. The van der Waals surface area contributed by atoms with Gasteiger partial charge in [-0.2, -0.15) is 0 Å². The van der Waals surface area contributed by atoms with Crippen LogP contribution in [-0.4, -0.2) is 39.2 Å². The fraction of sp³-hybridized carbons (Fsp3) is 0.227. The fourth-order valence-electron chi connectivity index (χ4n) is 3.10. The Morgan fingerprint density at radius 2 is 1.48 bits per heavy atom. The summed E-state index contributed by atoms with van der Waals surface area (Å²) >= 11 is 0. The third-order valence-electron chi connectivity index (χ3n) is 4.52. The molecule has 0 aliphatic carbocycles. The van der Waals surface area contributed by atoms with Gasteiger partial charge in [0.25, 0.3) is 0 Å². The summed E-state index contributed by atoms with van der Waals surface area (Å²) in [6.45, 7) is 1.57. The molecule has 0 saturated carbocycles. The Morgan fingerprint density at radius 3 is 2.19 bits per heavy atom. The molecular weight excluding hydrogens is 342 g/mol. The molecule has 1 fully saturated rings. The van der Waals surface area contributed by atoms with E-state index < -0.39 is 0 Å². The quantitative estimate of drug-likeness (QED) is 0.565. The van der Waals surface area contributed by atoms with Crippen molar-refractivity contribution in [1.82, 2.24) is 4.90 Å². The Morgan fingerprint density at radius 1 is 0.815 bits per heavy atom. The van der Waals surface area contributed by atoms with E-state index >= 15 is 0 Å². The van der Waals surface area contributed by atoms with Crippen LogP contribution in [0.4, 0.5) is 0 Å². The summed E-state index contributed by atoms with van der Waals surface area (Å²) in [4.78, 5) is 14.1. The minimum atomic E-state index is -0.0368. The van der Waals surface area contributed by atoms with Crippen LogP contribution in [0.15, 0.2) is 42.5 Å². The van der Waals surface area contributed by atoms with E-state index in [0.29, 0.717) is 11.1 Å². The second kappa shape index (κ2) is 8.45. The van der Waals surface area contributed by atoms with Gasteiger partial charge >= 0.3 is 0 Å². The predicted octanol–water partition coefficient (Wildman–Crippen LogP) is 4.00. The first-order valence-corrected chi connectivity index (χ1v) is 9.02. The van der Waals surface area contributed by atoms with E-state index in [-0.39, 0.29) is 23.2 Å². The van der Waals surface area contributed by atoms with Crippen molar-refractivity contribution in [3.05, 3.63) is 59.2 Å². The number of piperidine rings is 1. The minimum absolute atomic E-state index is 0.0137. The van der Waals surface area contributed by atoms with Crippen molar-refractivity contribution in [2.45, 2.75) is 19.3 Å². The summed E-state index contributed by atoms with van der Waals surface area (Å²) in [5.41, 5.74) is 2.03. The number of phenols is 3. The molecule has 1 aliphatic heterocycles. The highest BCUT2D eigenvalue weighted by molar-refractivity contribution is 5.92. The van der Waals surface area contributed by atoms with Crippen LogP contribution in [0.1, 0.15) is 36.0 Å². The van der Waals surface area contributed by atoms with Crippen LogP contribution in [0.3, 0.4) is 0 Å². The second-order valence-corrected chi connectivity index (χ2v) is 6.65. The monoisotopic (exact) mass is 365 g/mol. The van der Waals surface area contributed by atoms with Gasteiger partial charge in [-0.25, -0.2) is 0 Å². The maximum Gasteiger partial charge on any atom is 0.246 e. The van der Waals surface area contributed by atoms with Gasteiger partial charge in [0.05, 0.1) is 0 Å². The van der Waals surface area contributed by atoms with Crippen LogP contribution in [0, 0.1) is 0 Å². The standard InChI is InChI=1S/C22H23NO4/c24-19-13-17(14-20(25)15-19)5-4-16-6-8-21(26)18(12-16)7-9-22(27)23-10-2-1-3-11-23/h4-9,12-15,24-26H,1-3,10-11H2/b5-4+,9-7+. The number of nitrogens with zero attached hydrogens (tertiary/aromatic N) is 1. The number of rotatable bonds is 4. The van der Waals surface area contributed by atoms with Gasteiger partial charge in [-0.05, 0) is 60.7 Å².